The van der Waals surface area contributed by atoms with E-state index in [1.807, 2.05) is 13.0 Å². The number of allylic oxidation sites excluding steroid dienone is 1. The summed E-state index contributed by atoms with van der Waals surface area (Å²) < 4.78 is 7.11. The molecule has 2 aromatic heterocycles. The summed E-state index contributed by atoms with van der Waals surface area (Å²) in [7, 11) is 1.65. The first-order chi connectivity index (χ1) is 10.5. The second-order valence-electron chi connectivity index (χ2n) is 6.06. The Labute approximate surface area is 132 Å². The highest BCUT2D eigenvalue weighted by atomic mass is 32.1. The smallest absolute Gasteiger partial charge is 0.231 e. The fourth-order valence-electron chi connectivity index (χ4n) is 3.04. The summed E-state index contributed by atoms with van der Waals surface area (Å²) in [6.07, 6.45) is 6.61. The fourth-order valence-corrected chi connectivity index (χ4v) is 4.25. The summed E-state index contributed by atoms with van der Waals surface area (Å²) in [5, 5.41) is 0. The number of hydrogen-bond donors (Lipinski definition) is 1. The minimum absolute atomic E-state index is 0.0121. The molecular formula is C16H17N3O2S. The Balaban J connectivity index is 1.83. The number of rotatable bonds is 1. The van der Waals surface area contributed by atoms with Gasteiger partial charge in [-0.2, -0.15) is 0 Å². The van der Waals surface area contributed by atoms with Crippen LogP contribution in [0.1, 0.15) is 36.0 Å². The van der Waals surface area contributed by atoms with Gasteiger partial charge in [-0.15, -0.1) is 11.3 Å². The van der Waals surface area contributed by atoms with E-state index in [0.717, 1.165) is 33.8 Å². The van der Waals surface area contributed by atoms with E-state index in [9.17, 15) is 4.79 Å². The number of nitrogens with two attached hydrogens (primary N) is 1. The van der Waals surface area contributed by atoms with Gasteiger partial charge in [-0.25, -0.2) is 4.99 Å². The van der Waals surface area contributed by atoms with Crippen LogP contribution in [0.2, 0.25) is 0 Å². The lowest BCUT2D eigenvalue weighted by molar-refractivity contribution is -0.128. The minimum Gasteiger partial charge on any atom is -0.459 e. The summed E-state index contributed by atoms with van der Waals surface area (Å²) >= 11 is 1.65. The van der Waals surface area contributed by atoms with Crippen LogP contribution < -0.4 is 5.73 Å². The number of carbonyl (C=O) groups is 1. The molecule has 0 spiro atoms. The fraction of sp³-hybridized carbons (Fsp3) is 0.375. The van der Waals surface area contributed by atoms with Crippen molar-refractivity contribution in [2.75, 3.05) is 7.05 Å². The molecule has 114 valence electrons. The molecular weight excluding hydrogens is 298 g/mol. The van der Waals surface area contributed by atoms with Gasteiger partial charge in [0.2, 0.25) is 5.91 Å². The van der Waals surface area contributed by atoms with E-state index in [4.69, 9.17) is 10.2 Å². The molecule has 1 atom stereocenters. The van der Waals surface area contributed by atoms with Crippen molar-refractivity contribution in [1.82, 2.24) is 4.90 Å². The largest absolute Gasteiger partial charge is 0.459 e. The molecule has 2 N–H and O–H groups in total. The molecule has 0 fully saturated rings. The van der Waals surface area contributed by atoms with E-state index >= 15 is 0 Å². The van der Waals surface area contributed by atoms with Gasteiger partial charge in [0.25, 0.3) is 0 Å². The normalized spacial score (nSPS) is 24.7. The van der Waals surface area contributed by atoms with Crippen molar-refractivity contribution >= 4 is 39.6 Å². The molecule has 0 radical (unpaired) electrons. The Hall–Kier alpha value is -2.08. The van der Waals surface area contributed by atoms with Crippen molar-refractivity contribution in [2.45, 2.75) is 31.7 Å². The van der Waals surface area contributed by atoms with Crippen LogP contribution in [0, 0.1) is 0 Å². The van der Waals surface area contributed by atoms with Crippen molar-refractivity contribution in [3.8, 4) is 0 Å². The summed E-state index contributed by atoms with van der Waals surface area (Å²) in [5.74, 6) is 1.32. The number of carbonyl (C=O) groups excluding carboxylic acids is 1. The molecule has 0 aromatic carbocycles. The first-order valence-electron chi connectivity index (χ1n) is 7.32. The van der Waals surface area contributed by atoms with Gasteiger partial charge in [0, 0.05) is 23.9 Å². The van der Waals surface area contributed by atoms with E-state index in [0.29, 0.717) is 6.42 Å². The van der Waals surface area contributed by atoms with E-state index in [1.54, 1.807) is 18.4 Å². The molecule has 0 unspecified atom stereocenters. The molecule has 22 heavy (non-hydrogen) atoms. The third-order valence-electron chi connectivity index (χ3n) is 4.40. The highest BCUT2D eigenvalue weighted by molar-refractivity contribution is 7.19. The number of thiophene rings is 1. The van der Waals surface area contributed by atoms with Gasteiger partial charge in [0.1, 0.15) is 16.9 Å². The molecule has 3 heterocycles. The Morgan fingerprint density at radius 1 is 1.50 bits per heavy atom. The zero-order chi connectivity index (χ0) is 15.5. The Bertz CT molecular complexity index is 845. The van der Waals surface area contributed by atoms with Gasteiger partial charge in [0.05, 0.1) is 11.1 Å². The second-order valence-corrected chi connectivity index (χ2v) is 7.11. The predicted octanol–water partition coefficient (Wildman–Crippen LogP) is 2.85. The quantitative estimate of drug-likeness (QED) is 0.879. The van der Waals surface area contributed by atoms with Crippen LogP contribution in [-0.2, 0) is 16.8 Å². The van der Waals surface area contributed by atoms with Crippen LogP contribution in [0.3, 0.4) is 0 Å². The van der Waals surface area contributed by atoms with Crippen molar-refractivity contribution in [1.29, 1.82) is 0 Å². The third kappa shape index (κ3) is 1.83. The zero-order valence-corrected chi connectivity index (χ0v) is 13.4. The van der Waals surface area contributed by atoms with Crippen LogP contribution in [0.15, 0.2) is 21.6 Å². The lowest BCUT2D eigenvalue weighted by Gasteiger charge is -2.32. The van der Waals surface area contributed by atoms with Crippen LogP contribution in [0.5, 0.6) is 0 Å². The maximum absolute atomic E-state index is 12.1. The third-order valence-corrected chi connectivity index (χ3v) is 5.81. The monoisotopic (exact) mass is 315 g/mol. The highest BCUT2D eigenvalue weighted by Crippen LogP contribution is 2.43. The number of furan rings is 1. The Morgan fingerprint density at radius 2 is 2.32 bits per heavy atom. The molecule has 6 heteroatoms. The lowest BCUT2D eigenvalue weighted by Crippen LogP contribution is -2.47. The standard InChI is InChI=1S/C16H17N3O2S/c1-16(8-13(20)19(2)15(17)18-16)12-7-11-14(22-12)9-5-3-4-6-10(9)21-11/h3,5,7H,4,6,8H2,1-2H3,(H2,17,18)/t16-/m0/s1. The summed E-state index contributed by atoms with van der Waals surface area (Å²) in [6.45, 7) is 1.96. The maximum atomic E-state index is 12.1. The molecule has 5 nitrogen and oxygen atoms in total. The lowest BCUT2D eigenvalue weighted by atomic mass is 9.94. The molecule has 2 aliphatic rings. The Kier molecular flexibility index (Phi) is 2.75. The summed E-state index contributed by atoms with van der Waals surface area (Å²) in [5.41, 5.74) is 7.35. The molecule has 0 saturated carbocycles. The molecule has 1 amide bonds. The summed E-state index contributed by atoms with van der Waals surface area (Å²) in [4.78, 5) is 19.1. The number of guanidine groups is 1. The molecule has 2 aromatic rings. The highest BCUT2D eigenvalue weighted by Gasteiger charge is 2.38. The number of nitrogens with zero attached hydrogens (tertiary/aromatic N) is 2. The van der Waals surface area contributed by atoms with E-state index < -0.39 is 5.54 Å². The second kappa shape index (κ2) is 4.46. The van der Waals surface area contributed by atoms with E-state index in [1.165, 1.54) is 10.5 Å². The van der Waals surface area contributed by atoms with Crippen molar-refractivity contribution in [2.24, 2.45) is 10.7 Å². The molecule has 1 aliphatic heterocycles. The Morgan fingerprint density at radius 3 is 3.09 bits per heavy atom. The van der Waals surface area contributed by atoms with Crippen LogP contribution in [0.25, 0.3) is 16.4 Å². The van der Waals surface area contributed by atoms with Crippen molar-refractivity contribution < 1.29 is 9.21 Å². The molecule has 4 rings (SSSR count). The van der Waals surface area contributed by atoms with Gasteiger partial charge >= 0.3 is 0 Å². The van der Waals surface area contributed by atoms with Crippen molar-refractivity contribution in [3.63, 3.8) is 0 Å². The number of aryl methyl sites for hydroxylation is 1. The van der Waals surface area contributed by atoms with Crippen LogP contribution >= 0.6 is 11.3 Å². The number of amides is 1. The average Bonchev–Trinajstić information content (AvgIpc) is 3.02. The van der Waals surface area contributed by atoms with Gasteiger partial charge < -0.3 is 10.2 Å². The minimum atomic E-state index is -0.606. The first kappa shape index (κ1) is 13.6. The first-order valence-corrected chi connectivity index (χ1v) is 8.14. The van der Waals surface area contributed by atoms with E-state index in [-0.39, 0.29) is 11.9 Å². The SMILES string of the molecule is CN1C(=O)C[C@@](C)(c2cc3oc4c(c3s2)C=CCC4)N=C1N. The predicted molar refractivity (Wildman–Crippen MR) is 87.8 cm³/mol. The number of aliphatic imine (C=N–C) groups is 1. The average molecular weight is 315 g/mol. The maximum Gasteiger partial charge on any atom is 0.231 e. The molecule has 0 bridgehead atoms. The molecule has 0 saturated heterocycles. The zero-order valence-electron chi connectivity index (χ0n) is 12.5. The van der Waals surface area contributed by atoms with Crippen LogP contribution in [-0.4, -0.2) is 23.8 Å². The topological polar surface area (TPSA) is 71.8 Å². The van der Waals surface area contributed by atoms with E-state index in [2.05, 4.69) is 17.1 Å². The number of hydrogen-bond acceptors (Lipinski definition) is 5. The van der Waals surface area contributed by atoms with Gasteiger partial charge in [-0.05, 0) is 19.4 Å². The number of fused-ring (bicyclic) bond motifs is 3. The molecule has 1 aliphatic carbocycles. The van der Waals surface area contributed by atoms with Gasteiger partial charge in [-0.3, -0.25) is 9.69 Å². The van der Waals surface area contributed by atoms with Gasteiger partial charge in [0.15, 0.2) is 5.96 Å². The summed E-state index contributed by atoms with van der Waals surface area (Å²) in [6, 6.07) is 2.02. The van der Waals surface area contributed by atoms with Gasteiger partial charge in [-0.1, -0.05) is 12.2 Å². The van der Waals surface area contributed by atoms with Crippen molar-refractivity contribution in [3.05, 3.63) is 28.3 Å². The van der Waals surface area contributed by atoms with Crippen LogP contribution in [0.4, 0.5) is 0 Å².